The molecule has 0 amide bonds. The van der Waals surface area contributed by atoms with Gasteiger partial charge in [-0.15, -0.1) is 17.8 Å². The first kappa shape index (κ1) is 8.70. The van der Waals surface area contributed by atoms with Gasteiger partial charge in [-0.3, -0.25) is 6.54 Å². The topological polar surface area (TPSA) is 14.1 Å². The van der Waals surface area contributed by atoms with E-state index in [1.807, 2.05) is 67.2 Å². The SMILES string of the molecule is c1ccc([CH-][N-]c2ccccc2)cc1. The van der Waals surface area contributed by atoms with Crippen LogP contribution in [-0.2, 0) is 0 Å². The van der Waals surface area contributed by atoms with Gasteiger partial charge in [0.25, 0.3) is 0 Å². The Labute approximate surface area is 84.4 Å². The minimum Gasteiger partial charge on any atom is -0.722 e. The van der Waals surface area contributed by atoms with Crippen molar-refractivity contribution < 1.29 is 0 Å². The molecule has 0 radical (unpaired) electrons. The highest BCUT2D eigenvalue weighted by Crippen LogP contribution is 2.21. The first-order chi connectivity index (χ1) is 6.95. The van der Waals surface area contributed by atoms with Crippen LogP contribution in [0.1, 0.15) is 5.56 Å². The van der Waals surface area contributed by atoms with Gasteiger partial charge in [0, 0.05) is 0 Å². The van der Waals surface area contributed by atoms with Crippen LogP contribution in [-0.4, -0.2) is 0 Å². The maximum atomic E-state index is 4.35. The van der Waals surface area contributed by atoms with E-state index in [9.17, 15) is 0 Å². The van der Waals surface area contributed by atoms with Crippen molar-refractivity contribution >= 4 is 5.69 Å². The van der Waals surface area contributed by atoms with Gasteiger partial charge in [-0.25, -0.2) is 5.56 Å². The van der Waals surface area contributed by atoms with Crippen LogP contribution in [0.15, 0.2) is 60.7 Å². The van der Waals surface area contributed by atoms with E-state index < -0.39 is 0 Å². The summed E-state index contributed by atoms with van der Waals surface area (Å²) >= 11 is 0. The summed E-state index contributed by atoms with van der Waals surface area (Å²) < 4.78 is 0. The molecule has 0 unspecified atom stereocenters. The lowest BCUT2D eigenvalue weighted by atomic mass is 10.2. The smallest absolute Gasteiger partial charge is 0.0624 e. The Hall–Kier alpha value is -1.89. The van der Waals surface area contributed by atoms with Crippen LogP contribution in [0, 0.1) is 6.54 Å². The number of para-hydroxylation sites is 1. The maximum Gasteiger partial charge on any atom is -0.0624 e. The van der Waals surface area contributed by atoms with Crippen LogP contribution in [0.5, 0.6) is 0 Å². The molecule has 0 aliphatic carbocycles. The molecule has 70 valence electrons. The molecule has 14 heavy (non-hydrogen) atoms. The van der Waals surface area contributed by atoms with E-state index in [1.165, 1.54) is 0 Å². The van der Waals surface area contributed by atoms with Gasteiger partial charge >= 0.3 is 0 Å². The molecule has 0 saturated heterocycles. The molecule has 0 heterocycles. The van der Waals surface area contributed by atoms with Crippen molar-refractivity contribution in [2.75, 3.05) is 0 Å². The molecular formula is C13H11N-2. The third-order valence-electron chi connectivity index (χ3n) is 1.92. The summed E-state index contributed by atoms with van der Waals surface area (Å²) in [6, 6.07) is 20.0. The summed E-state index contributed by atoms with van der Waals surface area (Å²) in [7, 11) is 0. The molecule has 1 heteroatoms. The van der Waals surface area contributed by atoms with Crippen molar-refractivity contribution in [2.45, 2.75) is 0 Å². The van der Waals surface area contributed by atoms with Crippen LogP contribution in [0.3, 0.4) is 0 Å². The van der Waals surface area contributed by atoms with E-state index in [0.717, 1.165) is 11.3 Å². The molecule has 0 saturated carbocycles. The van der Waals surface area contributed by atoms with Crippen molar-refractivity contribution in [1.82, 2.24) is 0 Å². The van der Waals surface area contributed by atoms with Gasteiger partial charge in [-0.05, 0) is 0 Å². The summed E-state index contributed by atoms with van der Waals surface area (Å²) in [5.41, 5.74) is 2.10. The van der Waals surface area contributed by atoms with Crippen molar-refractivity contribution in [1.29, 1.82) is 0 Å². The molecule has 0 bridgehead atoms. The molecule has 1 nitrogen and oxygen atoms in total. The van der Waals surface area contributed by atoms with E-state index >= 15 is 0 Å². The predicted octanol–water partition coefficient (Wildman–Crippen LogP) is 3.90. The van der Waals surface area contributed by atoms with E-state index in [2.05, 4.69) is 5.32 Å². The van der Waals surface area contributed by atoms with Gasteiger partial charge in [0.15, 0.2) is 0 Å². The van der Waals surface area contributed by atoms with Gasteiger partial charge < -0.3 is 5.32 Å². The standard InChI is InChI=1S/C13H11N/c1-3-7-12(8-4-1)11-14-13-9-5-2-6-10-13/h1-11H/q-2. The highest BCUT2D eigenvalue weighted by Gasteiger charge is 1.74. The zero-order chi connectivity index (χ0) is 9.64. The summed E-state index contributed by atoms with van der Waals surface area (Å²) in [5.74, 6) is 0. The van der Waals surface area contributed by atoms with Gasteiger partial charge in [0.2, 0.25) is 0 Å². The Bertz CT molecular complexity index is 327. The average molecular weight is 181 g/mol. The first-order valence-electron chi connectivity index (χ1n) is 4.59. The second kappa shape index (κ2) is 4.38. The van der Waals surface area contributed by atoms with Gasteiger partial charge in [-0.1, -0.05) is 36.4 Å². The molecule has 2 rings (SSSR count). The van der Waals surface area contributed by atoms with Crippen molar-refractivity contribution in [3.63, 3.8) is 0 Å². The molecule has 0 atom stereocenters. The highest BCUT2D eigenvalue weighted by molar-refractivity contribution is 5.52. The number of nitrogens with zero attached hydrogens (tertiary/aromatic N) is 1. The van der Waals surface area contributed by atoms with E-state index in [0.29, 0.717) is 0 Å². The van der Waals surface area contributed by atoms with E-state index in [1.54, 1.807) is 0 Å². The zero-order valence-electron chi connectivity index (χ0n) is 7.80. The second-order valence-electron chi connectivity index (χ2n) is 3.00. The Balaban J connectivity index is 1.96. The monoisotopic (exact) mass is 181 g/mol. The Morgan fingerprint density at radius 1 is 0.714 bits per heavy atom. The third kappa shape index (κ3) is 2.30. The molecule has 0 N–H and O–H groups in total. The zero-order valence-corrected chi connectivity index (χ0v) is 7.80. The highest BCUT2D eigenvalue weighted by atomic mass is 14.9. The second-order valence-corrected chi connectivity index (χ2v) is 3.00. The van der Waals surface area contributed by atoms with E-state index in [-0.39, 0.29) is 0 Å². The van der Waals surface area contributed by atoms with Crippen LogP contribution >= 0.6 is 0 Å². The lowest BCUT2D eigenvalue weighted by Crippen LogP contribution is -1.77. The largest absolute Gasteiger partial charge is 0.722 e. The van der Waals surface area contributed by atoms with Crippen molar-refractivity contribution in [3.05, 3.63) is 78.1 Å². The summed E-state index contributed by atoms with van der Waals surface area (Å²) in [4.78, 5) is 0. The molecule has 0 spiro atoms. The summed E-state index contributed by atoms with van der Waals surface area (Å²) in [6.07, 6.45) is 0. The first-order valence-corrected chi connectivity index (χ1v) is 4.59. The number of benzene rings is 2. The molecule has 0 aliphatic rings. The Morgan fingerprint density at radius 3 is 1.93 bits per heavy atom. The number of hydrogen-bond acceptors (Lipinski definition) is 0. The normalized spacial score (nSPS) is 9.43. The molecule has 0 aliphatic heterocycles. The summed E-state index contributed by atoms with van der Waals surface area (Å²) in [5, 5.41) is 4.35. The lowest BCUT2D eigenvalue weighted by Gasteiger charge is -2.28. The van der Waals surface area contributed by atoms with Crippen LogP contribution in [0.2, 0.25) is 0 Å². The van der Waals surface area contributed by atoms with Crippen LogP contribution in [0.25, 0.3) is 5.32 Å². The molecule has 2 aromatic carbocycles. The average Bonchev–Trinajstić information content (AvgIpc) is 2.29. The summed E-state index contributed by atoms with van der Waals surface area (Å²) in [6.45, 7) is 1.87. The minimum atomic E-state index is 0.983. The van der Waals surface area contributed by atoms with Crippen LogP contribution < -0.4 is 0 Å². The molecular weight excluding hydrogens is 170 g/mol. The molecule has 0 fully saturated rings. The minimum absolute atomic E-state index is 0.983. The predicted molar refractivity (Wildman–Crippen MR) is 59.3 cm³/mol. The Kier molecular flexibility index (Phi) is 2.72. The quantitative estimate of drug-likeness (QED) is 0.637. The van der Waals surface area contributed by atoms with Gasteiger partial charge in [0.1, 0.15) is 0 Å². The fourth-order valence-corrected chi connectivity index (χ4v) is 1.20. The number of hydrogen-bond donors (Lipinski definition) is 0. The fourth-order valence-electron chi connectivity index (χ4n) is 1.20. The number of rotatable bonds is 3. The maximum absolute atomic E-state index is 4.35. The van der Waals surface area contributed by atoms with Gasteiger partial charge in [0.05, 0.1) is 0 Å². The molecule has 2 aromatic rings. The van der Waals surface area contributed by atoms with Crippen molar-refractivity contribution in [3.8, 4) is 0 Å². The van der Waals surface area contributed by atoms with Gasteiger partial charge in [-0.2, -0.15) is 12.1 Å². The molecule has 0 aromatic heterocycles. The van der Waals surface area contributed by atoms with Crippen LogP contribution in [0.4, 0.5) is 5.69 Å². The fraction of sp³-hybridized carbons (Fsp3) is 0. The lowest BCUT2D eigenvalue weighted by molar-refractivity contribution is 1.47. The third-order valence-corrected chi connectivity index (χ3v) is 1.92. The van der Waals surface area contributed by atoms with E-state index in [4.69, 9.17) is 0 Å². The Morgan fingerprint density at radius 2 is 1.29 bits per heavy atom. The van der Waals surface area contributed by atoms with Crippen molar-refractivity contribution in [2.24, 2.45) is 0 Å².